The van der Waals surface area contributed by atoms with E-state index in [2.05, 4.69) is 5.32 Å². The van der Waals surface area contributed by atoms with E-state index >= 15 is 0 Å². The van der Waals surface area contributed by atoms with E-state index < -0.39 is 5.97 Å². The number of fused-ring (bicyclic) bond motifs is 1. The van der Waals surface area contributed by atoms with Gasteiger partial charge in [-0.2, -0.15) is 0 Å². The number of hydrogen-bond acceptors (Lipinski definition) is 6. The van der Waals surface area contributed by atoms with Crippen LogP contribution >= 0.6 is 11.3 Å². The number of ether oxygens (including phenoxy) is 3. The molecule has 2 N–H and O–H groups in total. The molecule has 3 rings (SSSR count). The van der Waals surface area contributed by atoms with Crippen molar-refractivity contribution in [1.82, 2.24) is 0 Å². The molecule has 0 saturated carbocycles. The van der Waals surface area contributed by atoms with Crippen molar-refractivity contribution in [2.75, 3.05) is 26.1 Å². The minimum absolute atomic E-state index is 0.0702. The molecule has 2 aromatic carbocycles. The van der Waals surface area contributed by atoms with Crippen LogP contribution in [0.3, 0.4) is 0 Å². The molecule has 0 bridgehead atoms. The van der Waals surface area contributed by atoms with E-state index in [9.17, 15) is 9.59 Å². The van der Waals surface area contributed by atoms with Gasteiger partial charge in [0.15, 0.2) is 5.75 Å². The first kappa shape index (κ1) is 20.5. The number of carboxylic acid groups (broad SMARTS) is 1. The van der Waals surface area contributed by atoms with Crippen molar-refractivity contribution in [1.29, 1.82) is 0 Å². The van der Waals surface area contributed by atoms with Crippen molar-refractivity contribution in [3.05, 3.63) is 46.8 Å². The average molecular weight is 415 g/mol. The third-order valence-corrected chi connectivity index (χ3v) is 5.35. The first-order valence-corrected chi connectivity index (χ1v) is 9.76. The van der Waals surface area contributed by atoms with Crippen molar-refractivity contribution in [3.63, 3.8) is 0 Å². The number of carboxylic acids is 1. The minimum atomic E-state index is -1.07. The summed E-state index contributed by atoms with van der Waals surface area (Å²) in [6.45, 7) is 2.46. The first-order valence-electron chi connectivity index (χ1n) is 8.94. The fourth-order valence-corrected chi connectivity index (χ4v) is 3.81. The molecule has 0 aliphatic heterocycles. The molecule has 0 fully saturated rings. The first-order chi connectivity index (χ1) is 14.0. The van der Waals surface area contributed by atoms with E-state index in [0.29, 0.717) is 28.7 Å². The summed E-state index contributed by atoms with van der Waals surface area (Å²) in [6, 6.07) is 9.83. The molecular formula is C21H21NO6S. The molecule has 0 unspecified atom stereocenters. The van der Waals surface area contributed by atoms with E-state index in [4.69, 9.17) is 19.3 Å². The minimum Gasteiger partial charge on any atom is -0.497 e. The van der Waals surface area contributed by atoms with Gasteiger partial charge in [-0.05, 0) is 42.8 Å². The Morgan fingerprint density at radius 3 is 2.55 bits per heavy atom. The molecule has 152 valence electrons. The Hall–Kier alpha value is -3.26. The summed E-state index contributed by atoms with van der Waals surface area (Å²) in [5.74, 6) is 0.00323. The Kier molecular flexibility index (Phi) is 6.23. The van der Waals surface area contributed by atoms with Crippen LogP contribution in [0.25, 0.3) is 10.1 Å². The van der Waals surface area contributed by atoms with Gasteiger partial charge in [0.25, 0.3) is 5.91 Å². The molecule has 3 aromatic rings. The molecule has 0 aliphatic carbocycles. The second-order valence-corrected chi connectivity index (χ2v) is 7.20. The lowest BCUT2D eigenvalue weighted by molar-refractivity contribution is 0.0696. The number of anilines is 1. The number of aromatic carboxylic acids is 1. The Morgan fingerprint density at radius 1 is 1.10 bits per heavy atom. The summed E-state index contributed by atoms with van der Waals surface area (Å²) in [4.78, 5) is 24.6. The van der Waals surface area contributed by atoms with Crippen LogP contribution in [-0.4, -0.2) is 37.8 Å². The molecule has 7 nitrogen and oxygen atoms in total. The Morgan fingerprint density at radius 2 is 1.90 bits per heavy atom. The Balaban J connectivity index is 1.99. The topological polar surface area (TPSA) is 94.1 Å². The van der Waals surface area contributed by atoms with Crippen LogP contribution in [0, 0.1) is 0 Å². The highest BCUT2D eigenvalue weighted by atomic mass is 32.1. The number of amides is 1. The molecular weight excluding hydrogens is 394 g/mol. The van der Waals surface area contributed by atoms with Gasteiger partial charge in [-0.15, -0.1) is 11.3 Å². The summed E-state index contributed by atoms with van der Waals surface area (Å²) in [6.07, 6.45) is 0.798. The third-order valence-electron chi connectivity index (χ3n) is 4.20. The number of methoxy groups -OCH3 is 2. The van der Waals surface area contributed by atoms with Gasteiger partial charge in [0.1, 0.15) is 16.4 Å². The molecule has 29 heavy (non-hydrogen) atoms. The molecule has 0 radical (unpaired) electrons. The zero-order valence-corrected chi connectivity index (χ0v) is 17.1. The van der Waals surface area contributed by atoms with Gasteiger partial charge in [0.05, 0.1) is 32.1 Å². The lowest BCUT2D eigenvalue weighted by Gasteiger charge is -2.11. The molecule has 0 spiro atoms. The van der Waals surface area contributed by atoms with Gasteiger partial charge >= 0.3 is 5.97 Å². The van der Waals surface area contributed by atoms with Gasteiger partial charge in [-0.3, -0.25) is 4.79 Å². The van der Waals surface area contributed by atoms with Crippen molar-refractivity contribution in [2.45, 2.75) is 13.3 Å². The zero-order chi connectivity index (χ0) is 21.0. The Bertz CT molecular complexity index is 1060. The second-order valence-electron chi connectivity index (χ2n) is 6.15. The summed E-state index contributed by atoms with van der Waals surface area (Å²) in [7, 11) is 3.00. The van der Waals surface area contributed by atoms with E-state index in [1.54, 1.807) is 7.11 Å². The van der Waals surface area contributed by atoms with Crippen LogP contribution in [-0.2, 0) is 0 Å². The second kappa shape index (κ2) is 8.83. The van der Waals surface area contributed by atoms with Gasteiger partial charge in [0, 0.05) is 10.1 Å². The monoisotopic (exact) mass is 415 g/mol. The predicted octanol–water partition coefficient (Wildman–Crippen LogP) is 4.66. The number of nitrogens with one attached hydrogen (secondary N) is 1. The third kappa shape index (κ3) is 4.27. The molecule has 1 aromatic heterocycles. The normalized spacial score (nSPS) is 10.6. The van der Waals surface area contributed by atoms with Crippen molar-refractivity contribution in [2.24, 2.45) is 0 Å². The standard InChI is InChI=1S/C21H21NO6S/c1-4-9-28-18-14-11-13(26-2)6-8-17(14)29-19(18)20(23)22-15-7-5-12(21(24)25)10-16(15)27-3/h5-8,10-11H,4,9H2,1-3H3,(H,22,23)(H,24,25). The quantitative estimate of drug-likeness (QED) is 0.556. The van der Waals surface area contributed by atoms with Gasteiger partial charge in [0.2, 0.25) is 0 Å². The molecule has 0 aliphatic rings. The number of benzene rings is 2. The lowest BCUT2D eigenvalue weighted by atomic mass is 10.2. The molecule has 1 heterocycles. The van der Waals surface area contributed by atoms with Crippen LogP contribution < -0.4 is 19.5 Å². The average Bonchev–Trinajstić information content (AvgIpc) is 3.09. The van der Waals surface area contributed by atoms with Crippen LogP contribution in [0.1, 0.15) is 33.4 Å². The highest BCUT2D eigenvalue weighted by Gasteiger charge is 2.22. The number of rotatable bonds is 8. The van der Waals surface area contributed by atoms with E-state index in [-0.39, 0.29) is 17.2 Å². The molecule has 1 amide bonds. The summed E-state index contributed by atoms with van der Waals surface area (Å²) in [5.41, 5.74) is 0.444. The van der Waals surface area contributed by atoms with Crippen molar-refractivity contribution >= 4 is 39.0 Å². The van der Waals surface area contributed by atoms with E-state index in [0.717, 1.165) is 16.5 Å². The largest absolute Gasteiger partial charge is 0.497 e. The van der Waals surface area contributed by atoms with Crippen LogP contribution in [0.5, 0.6) is 17.2 Å². The van der Waals surface area contributed by atoms with Crippen LogP contribution in [0.15, 0.2) is 36.4 Å². The summed E-state index contributed by atoms with van der Waals surface area (Å²) >= 11 is 1.31. The van der Waals surface area contributed by atoms with Gasteiger partial charge in [-0.1, -0.05) is 6.92 Å². The fraction of sp³-hybridized carbons (Fsp3) is 0.238. The predicted molar refractivity (Wildman–Crippen MR) is 112 cm³/mol. The van der Waals surface area contributed by atoms with Gasteiger partial charge in [-0.25, -0.2) is 4.79 Å². The van der Waals surface area contributed by atoms with E-state index in [1.807, 2.05) is 25.1 Å². The summed E-state index contributed by atoms with van der Waals surface area (Å²) < 4.78 is 17.3. The molecule has 8 heteroatoms. The maximum absolute atomic E-state index is 13.0. The number of carbonyl (C=O) groups excluding carboxylic acids is 1. The number of thiophene rings is 1. The number of carbonyl (C=O) groups is 2. The maximum atomic E-state index is 13.0. The van der Waals surface area contributed by atoms with E-state index in [1.165, 1.54) is 36.6 Å². The maximum Gasteiger partial charge on any atom is 0.335 e. The lowest BCUT2D eigenvalue weighted by Crippen LogP contribution is -2.13. The van der Waals surface area contributed by atoms with Crippen molar-refractivity contribution in [3.8, 4) is 17.2 Å². The molecule has 0 saturated heterocycles. The number of hydrogen-bond donors (Lipinski definition) is 2. The highest BCUT2D eigenvalue weighted by molar-refractivity contribution is 7.21. The van der Waals surface area contributed by atoms with Gasteiger partial charge < -0.3 is 24.6 Å². The summed E-state index contributed by atoms with van der Waals surface area (Å²) in [5, 5.41) is 12.7. The SMILES string of the molecule is CCCOc1c(C(=O)Nc2ccc(C(=O)O)cc2OC)sc2ccc(OC)cc12. The zero-order valence-electron chi connectivity index (χ0n) is 16.3. The highest BCUT2D eigenvalue weighted by Crippen LogP contribution is 2.40. The fourth-order valence-electron chi connectivity index (χ4n) is 2.78. The Labute approximate surface area is 171 Å². The molecule has 0 atom stereocenters. The van der Waals surface area contributed by atoms with Crippen molar-refractivity contribution < 1.29 is 28.9 Å². The van der Waals surface area contributed by atoms with Crippen LogP contribution in [0.4, 0.5) is 5.69 Å². The van der Waals surface area contributed by atoms with Crippen LogP contribution in [0.2, 0.25) is 0 Å². The smallest absolute Gasteiger partial charge is 0.335 e.